The number of hydrogen-bond acceptors (Lipinski definition) is 13. The number of amides is 5. The number of ether oxygens (including phenoxy) is 4. The zero-order valence-electron chi connectivity index (χ0n) is 29.3. The molecule has 0 bridgehead atoms. The average molecular weight is 726 g/mol. The van der Waals surface area contributed by atoms with Gasteiger partial charge in [-0.25, -0.2) is 9.59 Å². The third-order valence-electron chi connectivity index (χ3n) is 8.19. The van der Waals surface area contributed by atoms with E-state index in [9.17, 15) is 33.6 Å². The molecule has 1 saturated heterocycles. The summed E-state index contributed by atoms with van der Waals surface area (Å²) in [7, 11) is 3.07. The monoisotopic (exact) mass is 725 g/mol. The summed E-state index contributed by atoms with van der Waals surface area (Å²) < 4.78 is 20.7. The van der Waals surface area contributed by atoms with Crippen molar-refractivity contribution in [3.8, 4) is 11.1 Å². The molecule has 17 nitrogen and oxygen atoms in total. The Balaban J connectivity index is 1.42. The molecular formula is C35H43N5O12. The van der Waals surface area contributed by atoms with Crippen LogP contribution < -0.4 is 16.0 Å². The van der Waals surface area contributed by atoms with Crippen molar-refractivity contribution in [3.05, 3.63) is 58.7 Å². The highest BCUT2D eigenvalue weighted by atomic mass is 16.7. The first kappa shape index (κ1) is 39.4. The van der Waals surface area contributed by atoms with Gasteiger partial charge in [-0.2, -0.15) is 0 Å². The average Bonchev–Trinajstić information content (AvgIpc) is 3.60. The summed E-state index contributed by atoms with van der Waals surface area (Å²) in [6.45, 7) is 2.19. The van der Waals surface area contributed by atoms with E-state index in [2.05, 4.69) is 16.0 Å². The van der Waals surface area contributed by atoms with E-state index in [1.54, 1.807) is 24.3 Å². The molecule has 1 heterocycles. The maximum Gasteiger partial charge on any atom is 0.407 e. The Morgan fingerprint density at radius 2 is 1.31 bits per heavy atom. The van der Waals surface area contributed by atoms with Crippen LogP contribution in [0.25, 0.3) is 11.1 Å². The van der Waals surface area contributed by atoms with Gasteiger partial charge in [0.05, 0.1) is 19.8 Å². The minimum atomic E-state index is -0.883. The van der Waals surface area contributed by atoms with Crippen LogP contribution in [0.5, 0.6) is 0 Å². The smallest absolute Gasteiger partial charge is 0.407 e. The Hall–Kier alpha value is -5.39. The molecule has 1 aliphatic carbocycles. The second-order valence-corrected chi connectivity index (χ2v) is 11.8. The minimum Gasteiger partial charge on any atom is -0.465 e. The molecule has 0 saturated carbocycles. The molecule has 17 heteroatoms. The standard InChI is InChI=1S/C35H43N5O12/c1-22(41)50-17-14-39(20-32(44)52-40-30(42)8-9-31(40)43)13-10-38-35(47)51-21-29-27-18-23(33(45)36-11-15-48-2)4-6-25(27)26-7-5-24(19-28(26)29)34(46)37-12-16-49-3/h4-7,18-19,29H,8-17,20-21H2,1-3H3,(H,36,45)(H,37,46)(H,38,47). The molecule has 2 aromatic carbocycles. The Kier molecular flexibility index (Phi) is 14.6. The molecule has 0 radical (unpaired) electrons. The van der Waals surface area contributed by atoms with E-state index < -0.39 is 35.8 Å². The van der Waals surface area contributed by atoms with Crippen molar-refractivity contribution in [2.24, 2.45) is 0 Å². The maximum absolute atomic E-state index is 12.9. The third kappa shape index (κ3) is 10.8. The number of methoxy groups -OCH3 is 2. The van der Waals surface area contributed by atoms with E-state index in [0.29, 0.717) is 42.5 Å². The highest BCUT2D eigenvalue weighted by molar-refractivity contribution is 6.01. The van der Waals surface area contributed by atoms with E-state index in [-0.39, 0.29) is 64.0 Å². The summed E-state index contributed by atoms with van der Waals surface area (Å²) >= 11 is 0. The zero-order chi connectivity index (χ0) is 37.6. The lowest BCUT2D eigenvalue weighted by atomic mass is 9.95. The molecule has 52 heavy (non-hydrogen) atoms. The number of rotatable bonds is 19. The summed E-state index contributed by atoms with van der Waals surface area (Å²) in [5.41, 5.74) is 3.95. The molecule has 2 aromatic rings. The lowest BCUT2D eigenvalue weighted by molar-refractivity contribution is -0.198. The number of carbonyl (C=O) groups excluding carboxylic acids is 7. The molecule has 0 unspecified atom stereocenters. The predicted molar refractivity (Wildman–Crippen MR) is 182 cm³/mol. The molecular weight excluding hydrogens is 682 g/mol. The molecule has 1 aliphatic heterocycles. The van der Waals surface area contributed by atoms with Crippen LogP contribution in [0.1, 0.15) is 57.5 Å². The van der Waals surface area contributed by atoms with Crippen LogP contribution >= 0.6 is 0 Å². The number of esters is 1. The second-order valence-electron chi connectivity index (χ2n) is 11.8. The van der Waals surface area contributed by atoms with Crippen molar-refractivity contribution in [3.63, 3.8) is 0 Å². The number of nitrogens with zero attached hydrogens (tertiary/aromatic N) is 2. The van der Waals surface area contributed by atoms with Gasteiger partial charge in [0.1, 0.15) is 13.2 Å². The molecule has 4 rings (SSSR count). The van der Waals surface area contributed by atoms with Crippen molar-refractivity contribution in [1.29, 1.82) is 0 Å². The zero-order valence-corrected chi connectivity index (χ0v) is 29.3. The highest BCUT2D eigenvalue weighted by Gasteiger charge is 2.34. The first-order valence-corrected chi connectivity index (χ1v) is 16.7. The summed E-state index contributed by atoms with van der Waals surface area (Å²) in [6.07, 6.45) is -0.876. The van der Waals surface area contributed by atoms with Crippen molar-refractivity contribution in [2.45, 2.75) is 25.7 Å². The number of hydroxylamine groups is 2. The maximum atomic E-state index is 12.9. The van der Waals surface area contributed by atoms with E-state index in [0.717, 1.165) is 22.3 Å². The summed E-state index contributed by atoms with van der Waals surface area (Å²) in [5, 5.41) is 8.66. The summed E-state index contributed by atoms with van der Waals surface area (Å²) in [4.78, 5) is 92.6. The van der Waals surface area contributed by atoms with Gasteiger partial charge in [0.2, 0.25) is 0 Å². The van der Waals surface area contributed by atoms with E-state index in [1.807, 2.05) is 12.1 Å². The molecule has 0 aromatic heterocycles. The van der Waals surface area contributed by atoms with Gasteiger partial charge in [-0.15, -0.1) is 5.06 Å². The van der Waals surface area contributed by atoms with Crippen LogP contribution in [0.4, 0.5) is 4.79 Å². The largest absolute Gasteiger partial charge is 0.465 e. The number of alkyl carbamates (subject to hydrolysis) is 1. The first-order chi connectivity index (χ1) is 25.0. The van der Waals surface area contributed by atoms with Crippen molar-refractivity contribution < 1.29 is 57.3 Å². The van der Waals surface area contributed by atoms with Crippen LogP contribution in [0.15, 0.2) is 36.4 Å². The van der Waals surface area contributed by atoms with Crippen LogP contribution in [-0.2, 0) is 43.0 Å². The van der Waals surface area contributed by atoms with Gasteiger partial charge in [0.25, 0.3) is 23.6 Å². The van der Waals surface area contributed by atoms with E-state index in [1.165, 1.54) is 26.0 Å². The number of fused-ring (bicyclic) bond motifs is 3. The van der Waals surface area contributed by atoms with Crippen LogP contribution in [0, 0.1) is 0 Å². The molecule has 0 spiro atoms. The van der Waals surface area contributed by atoms with Crippen LogP contribution in [-0.4, -0.2) is 132 Å². The Labute approximate surface area is 300 Å². The van der Waals surface area contributed by atoms with Crippen molar-refractivity contribution in [2.75, 3.05) is 79.9 Å². The summed E-state index contributed by atoms with van der Waals surface area (Å²) in [5.74, 6) is -3.76. The molecule has 280 valence electrons. The molecule has 3 N–H and O–H groups in total. The number of hydrogen-bond donors (Lipinski definition) is 3. The van der Waals surface area contributed by atoms with Gasteiger partial charge in [-0.05, 0) is 46.5 Å². The van der Waals surface area contributed by atoms with Crippen LogP contribution in [0.3, 0.4) is 0 Å². The van der Waals surface area contributed by atoms with Crippen LogP contribution in [0.2, 0.25) is 0 Å². The third-order valence-corrected chi connectivity index (χ3v) is 8.19. The highest BCUT2D eigenvalue weighted by Crippen LogP contribution is 2.45. The quantitative estimate of drug-likeness (QED) is 0.104. The Morgan fingerprint density at radius 1 is 0.750 bits per heavy atom. The normalized spacial score (nSPS) is 13.4. The van der Waals surface area contributed by atoms with Gasteiger partial charge in [-0.1, -0.05) is 12.1 Å². The second kappa shape index (κ2) is 19.3. The fraction of sp³-hybridized carbons (Fsp3) is 0.457. The van der Waals surface area contributed by atoms with Crippen molar-refractivity contribution in [1.82, 2.24) is 25.9 Å². The van der Waals surface area contributed by atoms with E-state index >= 15 is 0 Å². The van der Waals surface area contributed by atoms with E-state index in [4.69, 9.17) is 23.8 Å². The van der Waals surface area contributed by atoms with Gasteiger partial charge < -0.3 is 39.7 Å². The molecule has 2 aliphatic rings. The lowest BCUT2D eigenvalue weighted by Crippen LogP contribution is -2.42. The number of carbonyl (C=O) groups is 7. The first-order valence-electron chi connectivity index (χ1n) is 16.7. The molecule has 0 atom stereocenters. The number of nitrogens with one attached hydrogen (secondary N) is 3. The SMILES string of the molecule is COCCNC(=O)c1ccc2c(c1)C(COC(=O)NCCN(CCOC(C)=O)CC(=O)ON1C(=O)CCC1=O)c1cc(C(=O)NCCOC)ccc1-2. The van der Waals surface area contributed by atoms with Gasteiger partial charge in [0.15, 0.2) is 0 Å². The Morgan fingerprint density at radius 3 is 1.83 bits per heavy atom. The Bertz CT molecular complexity index is 1580. The summed E-state index contributed by atoms with van der Waals surface area (Å²) in [6, 6.07) is 10.5. The van der Waals surface area contributed by atoms with Crippen molar-refractivity contribution >= 4 is 41.7 Å². The van der Waals surface area contributed by atoms with Gasteiger partial charge in [-0.3, -0.25) is 28.9 Å². The minimum absolute atomic E-state index is 0.00316. The van der Waals surface area contributed by atoms with Gasteiger partial charge in [0, 0.05) is 83.8 Å². The topological polar surface area (TPSA) is 208 Å². The lowest BCUT2D eigenvalue weighted by Gasteiger charge is -2.22. The number of benzene rings is 2. The predicted octanol–water partition coefficient (Wildman–Crippen LogP) is 0.750. The van der Waals surface area contributed by atoms with Gasteiger partial charge >= 0.3 is 18.0 Å². The number of imide groups is 1. The molecule has 1 fully saturated rings. The fourth-order valence-electron chi connectivity index (χ4n) is 5.65. The fourth-order valence-corrected chi connectivity index (χ4v) is 5.65. The molecule has 5 amide bonds.